The van der Waals surface area contributed by atoms with E-state index in [-0.39, 0.29) is 18.3 Å². The van der Waals surface area contributed by atoms with Gasteiger partial charge in [0.15, 0.2) is 12.4 Å². The third-order valence-corrected chi connectivity index (χ3v) is 3.14. The SMILES string of the molecule is Cc1noc(-c2ccccc2NC(=O)COc2ccc(F)cc2)n1. The summed E-state index contributed by atoms with van der Waals surface area (Å²) in [6.07, 6.45) is 0. The topological polar surface area (TPSA) is 77.2 Å². The van der Waals surface area contributed by atoms with Crippen molar-refractivity contribution in [3.63, 3.8) is 0 Å². The predicted molar refractivity (Wildman–Crippen MR) is 85.0 cm³/mol. The van der Waals surface area contributed by atoms with Gasteiger partial charge in [0, 0.05) is 0 Å². The van der Waals surface area contributed by atoms with E-state index in [1.165, 1.54) is 24.3 Å². The van der Waals surface area contributed by atoms with Crippen LogP contribution >= 0.6 is 0 Å². The minimum absolute atomic E-state index is 0.206. The predicted octanol–water partition coefficient (Wildman–Crippen LogP) is 3.20. The zero-order chi connectivity index (χ0) is 16.9. The Balaban J connectivity index is 1.67. The molecule has 0 saturated carbocycles. The van der Waals surface area contributed by atoms with Crippen LogP contribution in [0, 0.1) is 12.7 Å². The maximum absolute atomic E-state index is 12.8. The van der Waals surface area contributed by atoms with Gasteiger partial charge in [-0.3, -0.25) is 4.79 Å². The number of carbonyl (C=O) groups is 1. The van der Waals surface area contributed by atoms with Crippen LogP contribution in [-0.4, -0.2) is 22.7 Å². The summed E-state index contributed by atoms with van der Waals surface area (Å²) in [5.41, 5.74) is 1.15. The Bertz CT molecular complexity index is 846. The average molecular weight is 327 g/mol. The van der Waals surface area contributed by atoms with Gasteiger partial charge < -0.3 is 14.6 Å². The molecule has 1 amide bonds. The molecule has 0 atom stereocenters. The number of aryl methyl sites for hydroxylation is 1. The maximum atomic E-state index is 12.8. The second kappa shape index (κ2) is 6.91. The van der Waals surface area contributed by atoms with Gasteiger partial charge in [-0.2, -0.15) is 4.98 Å². The molecule has 122 valence electrons. The molecule has 1 N–H and O–H groups in total. The number of carbonyl (C=O) groups excluding carboxylic acids is 1. The third-order valence-electron chi connectivity index (χ3n) is 3.14. The van der Waals surface area contributed by atoms with Gasteiger partial charge in [0.1, 0.15) is 11.6 Å². The van der Waals surface area contributed by atoms with Crippen molar-refractivity contribution < 1.29 is 18.4 Å². The van der Waals surface area contributed by atoms with Crippen LogP contribution in [0.3, 0.4) is 0 Å². The number of aromatic nitrogens is 2. The van der Waals surface area contributed by atoms with E-state index in [0.29, 0.717) is 28.7 Å². The summed E-state index contributed by atoms with van der Waals surface area (Å²) < 4.78 is 23.3. The summed E-state index contributed by atoms with van der Waals surface area (Å²) in [5.74, 6) is 0.513. The number of hydrogen-bond donors (Lipinski definition) is 1. The van der Waals surface area contributed by atoms with Crippen LogP contribution in [0.2, 0.25) is 0 Å². The van der Waals surface area contributed by atoms with Gasteiger partial charge in [-0.05, 0) is 43.3 Å². The van der Waals surface area contributed by atoms with Gasteiger partial charge in [0.2, 0.25) is 0 Å². The molecule has 0 aliphatic carbocycles. The zero-order valence-corrected chi connectivity index (χ0v) is 12.8. The Morgan fingerprint density at radius 3 is 2.67 bits per heavy atom. The monoisotopic (exact) mass is 327 g/mol. The quantitative estimate of drug-likeness (QED) is 0.778. The fraction of sp³-hybridized carbons (Fsp3) is 0.118. The molecule has 0 aliphatic heterocycles. The normalized spacial score (nSPS) is 10.4. The van der Waals surface area contributed by atoms with E-state index in [4.69, 9.17) is 9.26 Å². The van der Waals surface area contributed by atoms with Crippen LogP contribution in [0.1, 0.15) is 5.82 Å². The molecule has 0 aliphatic rings. The molecule has 0 unspecified atom stereocenters. The molecule has 1 aromatic heterocycles. The van der Waals surface area contributed by atoms with Gasteiger partial charge in [-0.15, -0.1) is 0 Å². The second-order valence-corrected chi connectivity index (χ2v) is 4.98. The van der Waals surface area contributed by atoms with Gasteiger partial charge in [0.05, 0.1) is 11.3 Å². The van der Waals surface area contributed by atoms with E-state index >= 15 is 0 Å². The van der Waals surface area contributed by atoms with Crippen LogP contribution in [0.4, 0.5) is 10.1 Å². The first-order valence-electron chi connectivity index (χ1n) is 7.20. The number of rotatable bonds is 5. The second-order valence-electron chi connectivity index (χ2n) is 4.98. The van der Waals surface area contributed by atoms with Gasteiger partial charge in [0.25, 0.3) is 11.8 Å². The lowest BCUT2D eigenvalue weighted by Gasteiger charge is -2.09. The minimum atomic E-state index is -0.365. The Labute approximate surface area is 137 Å². The molecule has 0 saturated heterocycles. The van der Waals surface area contributed by atoms with E-state index in [9.17, 15) is 9.18 Å². The molecule has 24 heavy (non-hydrogen) atoms. The number of anilines is 1. The standard InChI is InChI=1S/C17H14FN3O3/c1-11-19-17(24-21-11)14-4-2-3-5-15(14)20-16(22)10-23-13-8-6-12(18)7-9-13/h2-9H,10H2,1H3,(H,20,22). The Kier molecular flexibility index (Phi) is 4.51. The molecule has 0 radical (unpaired) electrons. The summed E-state index contributed by atoms with van der Waals surface area (Å²) in [6, 6.07) is 12.5. The van der Waals surface area contributed by atoms with Crippen LogP contribution in [-0.2, 0) is 4.79 Å². The van der Waals surface area contributed by atoms with Crippen molar-refractivity contribution in [3.8, 4) is 17.2 Å². The van der Waals surface area contributed by atoms with Crippen molar-refractivity contribution in [2.75, 3.05) is 11.9 Å². The summed E-state index contributed by atoms with van der Waals surface area (Å²) in [6.45, 7) is 1.51. The highest BCUT2D eigenvalue weighted by Crippen LogP contribution is 2.26. The highest BCUT2D eigenvalue weighted by Gasteiger charge is 2.13. The lowest BCUT2D eigenvalue weighted by Crippen LogP contribution is -2.20. The Morgan fingerprint density at radius 1 is 1.21 bits per heavy atom. The van der Waals surface area contributed by atoms with Crippen molar-refractivity contribution in [1.82, 2.24) is 10.1 Å². The number of para-hydroxylation sites is 1. The summed E-state index contributed by atoms with van der Waals surface area (Å²) in [5, 5.41) is 6.48. The van der Waals surface area contributed by atoms with Crippen molar-refractivity contribution >= 4 is 11.6 Å². The van der Waals surface area contributed by atoms with Crippen LogP contribution in [0.5, 0.6) is 5.75 Å². The summed E-state index contributed by atoms with van der Waals surface area (Å²) in [7, 11) is 0. The Morgan fingerprint density at radius 2 is 1.96 bits per heavy atom. The number of nitrogens with one attached hydrogen (secondary N) is 1. The summed E-state index contributed by atoms with van der Waals surface area (Å²) >= 11 is 0. The first kappa shape index (κ1) is 15.7. The fourth-order valence-corrected chi connectivity index (χ4v) is 2.05. The van der Waals surface area contributed by atoms with E-state index in [1.807, 2.05) is 0 Å². The van der Waals surface area contributed by atoms with Crippen LogP contribution in [0.15, 0.2) is 53.1 Å². The first-order valence-corrected chi connectivity index (χ1v) is 7.20. The van der Waals surface area contributed by atoms with E-state index in [1.54, 1.807) is 31.2 Å². The largest absolute Gasteiger partial charge is 0.484 e. The van der Waals surface area contributed by atoms with Crippen LogP contribution < -0.4 is 10.1 Å². The fourth-order valence-electron chi connectivity index (χ4n) is 2.05. The van der Waals surface area contributed by atoms with Crippen LogP contribution in [0.25, 0.3) is 11.5 Å². The molecule has 7 heteroatoms. The number of halogens is 1. The van der Waals surface area contributed by atoms with Crippen molar-refractivity contribution in [1.29, 1.82) is 0 Å². The molecule has 0 spiro atoms. The average Bonchev–Trinajstić information content (AvgIpc) is 3.01. The number of hydrogen-bond acceptors (Lipinski definition) is 5. The van der Waals surface area contributed by atoms with Crippen molar-refractivity contribution in [2.24, 2.45) is 0 Å². The van der Waals surface area contributed by atoms with Gasteiger partial charge in [-0.25, -0.2) is 4.39 Å². The highest BCUT2D eigenvalue weighted by atomic mass is 19.1. The molecule has 3 aromatic rings. The number of benzene rings is 2. The lowest BCUT2D eigenvalue weighted by molar-refractivity contribution is -0.118. The van der Waals surface area contributed by atoms with E-state index < -0.39 is 0 Å². The highest BCUT2D eigenvalue weighted by molar-refractivity contribution is 5.95. The molecule has 6 nitrogen and oxygen atoms in total. The molecule has 2 aromatic carbocycles. The lowest BCUT2D eigenvalue weighted by atomic mass is 10.1. The Hall–Kier alpha value is -3.22. The van der Waals surface area contributed by atoms with Crippen molar-refractivity contribution in [3.05, 3.63) is 60.2 Å². The first-order chi connectivity index (χ1) is 11.6. The minimum Gasteiger partial charge on any atom is -0.484 e. The molecular formula is C17H14FN3O3. The van der Waals surface area contributed by atoms with Crippen molar-refractivity contribution in [2.45, 2.75) is 6.92 Å². The summed E-state index contributed by atoms with van der Waals surface area (Å²) in [4.78, 5) is 16.2. The molecule has 3 rings (SSSR count). The maximum Gasteiger partial charge on any atom is 0.262 e. The molecule has 0 fully saturated rings. The van der Waals surface area contributed by atoms with E-state index in [0.717, 1.165) is 0 Å². The number of nitrogens with zero attached hydrogens (tertiary/aromatic N) is 2. The third kappa shape index (κ3) is 3.75. The molecule has 0 bridgehead atoms. The molecule has 1 heterocycles. The van der Waals surface area contributed by atoms with Gasteiger partial charge in [-0.1, -0.05) is 17.3 Å². The smallest absolute Gasteiger partial charge is 0.262 e. The van der Waals surface area contributed by atoms with E-state index in [2.05, 4.69) is 15.5 Å². The zero-order valence-electron chi connectivity index (χ0n) is 12.8. The van der Waals surface area contributed by atoms with Gasteiger partial charge >= 0.3 is 0 Å². The molecular weight excluding hydrogens is 313 g/mol. The number of amides is 1. The number of ether oxygens (including phenoxy) is 1.